The maximum atomic E-state index is 5.81. The van der Waals surface area contributed by atoms with Gasteiger partial charge in [-0.25, -0.2) is 0 Å². The molecule has 0 aromatic heterocycles. The van der Waals surface area contributed by atoms with Crippen molar-refractivity contribution < 1.29 is 0 Å². The van der Waals surface area contributed by atoms with E-state index < -0.39 is 0 Å². The standard InChI is InChI=1S/C14H30N2/c1-14(2,3)9-13(10-15)11-16-8-4-5-12-6-7-12/h12-13,16H,4-11,15H2,1-3H3. The minimum atomic E-state index is 0.403. The van der Waals surface area contributed by atoms with Gasteiger partial charge in [0, 0.05) is 0 Å². The Morgan fingerprint density at radius 1 is 1.31 bits per heavy atom. The third-order valence-corrected chi connectivity index (χ3v) is 3.33. The van der Waals surface area contributed by atoms with Gasteiger partial charge >= 0.3 is 0 Å². The summed E-state index contributed by atoms with van der Waals surface area (Å²) in [5.41, 5.74) is 6.22. The van der Waals surface area contributed by atoms with Gasteiger partial charge in [0.1, 0.15) is 0 Å². The van der Waals surface area contributed by atoms with Gasteiger partial charge < -0.3 is 11.1 Å². The number of hydrogen-bond donors (Lipinski definition) is 2. The molecule has 0 aliphatic heterocycles. The van der Waals surface area contributed by atoms with Crippen LogP contribution in [0.3, 0.4) is 0 Å². The first-order chi connectivity index (χ1) is 7.51. The van der Waals surface area contributed by atoms with E-state index in [0.29, 0.717) is 11.3 Å². The number of rotatable bonds is 8. The number of hydrogen-bond acceptors (Lipinski definition) is 2. The lowest BCUT2D eigenvalue weighted by Crippen LogP contribution is -2.31. The van der Waals surface area contributed by atoms with Gasteiger partial charge in [-0.15, -0.1) is 0 Å². The molecule has 96 valence electrons. The normalized spacial score (nSPS) is 18.8. The Kier molecular flexibility index (Phi) is 5.77. The second-order valence-electron chi connectivity index (χ2n) is 6.66. The highest BCUT2D eigenvalue weighted by atomic mass is 14.9. The van der Waals surface area contributed by atoms with Crippen molar-refractivity contribution in [2.45, 2.75) is 52.9 Å². The van der Waals surface area contributed by atoms with Crippen LogP contribution in [0.1, 0.15) is 52.9 Å². The predicted octanol–water partition coefficient (Wildman–Crippen LogP) is 2.78. The Morgan fingerprint density at radius 2 is 2.00 bits per heavy atom. The van der Waals surface area contributed by atoms with Gasteiger partial charge in [0.15, 0.2) is 0 Å². The first kappa shape index (κ1) is 14.0. The molecule has 0 amide bonds. The molecule has 1 aliphatic carbocycles. The summed E-state index contributed by atoms with van der Waals surface area (Å²) in [6.45, 7) is 9.97. The van der Waals surface area contributed by atoms with Crippen LogP contribution in [0.5, 0.6) is 0 Å². The lowest BCUT2D eigenvalue weighted by atomic mass is 9.84. The maximum Gasteiger partial charge on any atom is -0.000826 e. The Hall–Kier alpha value is -0.0800. The molecule has 0 heterocycles. The van der Waals surface area contributed by atoms with Gasteiger partial charge in [-0.2, -0.15) is 0 Å². The zero-order chi connectivity index (χ0) is 12.0. The zero-order valence-electron chi connectivity index (χ0n) is 11.4. The molecule has 1 rings (SSSR count). The fourth-order valence-electron chi connectivity index (χ4n) is 2.33. The van der Waals surface area contributed by atoms with Gasteiger partial charge in [-0.05, 0) is 56.1 Å². The molecule has 0 aromatic rings. The lowest BCUT2D eigenvalue weighted by Gasteiger charge is -2.25. The molecular weight excluding hydrogens is 196 g/mol. The summed E-state index contributed by atoms with van der Waals surface area (Å²) >= 11 is 0. The van der Waals surface area contributed by atoms with Crippen LogP contribution >= 0.6 is 0 Å². The first-order valence-corrected chi connectivity index (χ1v) is 6.92. The predicted molar refractivity (Wildman–Crippen MR) is 71.4 cm³/mol. The molecule has 2 heteroatoms. The van der Waals surface area contributed by atoms with E-state index in [4.69, 9.17) is 5.73 Å². The van der Waals surface area contributed by atoms with Gasteiger partial charge in [-0.1, -0.05) is 33.6 Å². The van der Waals surface area contributed by atoms with Crippen LogP contribution in [0.4, 0.5) is 0 Å². The maximum absolute atomic E-state index is 5.81. The van der Waals surface area contributed by atoms with Crippen molar-refractivity contribution in [2.75, 3.05) is 19.6 Å². The van der Waals surface area contributed by atoms with Crippen molar-refractivity contribution in [3.63, 3.8) is 0 Å². The Morgan fingerprint density at radius 3 is 2.50 bits per heavy atom. The van der Waals surface area contributed by atoms with Crippen molar-refractivity contribution >= 4 is 0 Å². The van der Waals surface area contributed by atoms with Gasteiger partial charge in [-0.3, -0.25) is 0 Å². The molecule has 0 spiro atoms. The highest BCUT2D eigenvalue weighted by Gasteiger charge is 2.20. The molecule has 3 N–H and O–H groups in total. The molecule has 2 nitrogen and oxygen atoms in total. The summed E-state index contributed by atoms with van der Waals surface area (Å²) in [6, 6.07) is 0. The van der Waals surface area contributed by atoms with Crippen molar-refractivity contribution in [1.29, 1.82) is 0 Å². The highest BCUT2D eigenvalue weighted by Crippen LogP contribution is 2.33. The minimum Gasteiger partial charge on any atom is -0.330 e. The Balaban J connectivity index is 1.99. The molecule has 1 fully saturated rings. The summed E-state index contributed by atoms with van der Waals surface area (Å²) in [7, 11) is 0. The summed E-state index contributed by atoms with van der Waals surface area (Å²) in [5, 5.41) is 3.56. The van der Waals surface area contributed by atoms with Crippen LogP contribution < -0.4 is 11.1 Å². The van der Waals surface area contributed by atoms with E-state index in [-0.39, 0.29) is 0 Å². The van der Waals surface area contributed by atoms with Crippen molar-refractivity contribution in [3.8, 4) is 0 Å². The van der Waals surface area contributed by atoms with Crippen LogP contribution in [0.25, 0.3) is 0 Å². The monoisotopic (exact) mass is 226 g/mol. The smallest absolute Gasteiger partial charge is 0.000826 e. The number of nitrogens with one attached hydrogen (secondary N) is 1. The second kappa shape index (κ2) is 6.61. The second-order valence-corrected chi connectivity index (χ2v) is 6.66. The number of nitrogens with two attached hydrogens (primary N) is 1. The van der Waals surface area contributed by atoms with E-state index in [1.807, 2.05) is 0 Å². The minimum absolute atomic E-state index is 0.403. The van der Waals surface area contributed by atoms with E-state index in [1.165, 1.54) is 38.6 Å². The average Bonchev–Trinajstić information content (AvgIpc) is 2.97. The van der Waals surface area contributed by atoms with Gasteiger partial charge in [0.2, 0.25) is 0 Å². The topological polar surface area (TPSA) is 38.0 Å². The molecule has 1 saturated carbocycles. The van der Waals surface area contributed by atoms with Crippen molar-refractivity contribution in [2.24, 2.45) is 23.0 Å². The summed E-state index contributed by atoms with van der Waals surface area (Å²) in [4.78, 5) is 0. The van der Waals surface area contributed by atoms with Crippen LogP contribution in [0.2, 0.25) is 0 Å². The van der Waals surface area contributed by atoms with E-state index in [1.54, 1.807) is 0 Å². The largest absolute Gasteiger partial charge is 0.330 e. The van der Waals surface area contributed by atoms with Gasteiger partial charge in [0.05, 0.1) is 0 Å². The van der Waals surface area contributed by atoms with E-state index >= 15 is 0 Å². The van der Waals surface area contributed by atoms with E-state index in [9.17, 15) is 0 Å². The van der Waals surface area contributed by atoms with Crippen molar-refractivity contribution in [1.82, 2.24) is 5.32 Å². The zero-order valence-corrected chi connectivity index (χ0v) is 11.4. The molecular formula is C14H30N2. The molecule has 16 heavy (non-hydrogen) atoms. The van der Waals surface area contributed by atoms with E-state index in [0.717, 1.165) is 19.0 Å². The van der Waals surface area contributed by atoms with Crippen molar-refractivity contribution in [3.05, 3.63) is 0 Å². The summed E-state index contributed by atoms with van der Waals surface area (Å²) < 4.78 is 0. The lowest BCUT2D eigenvalue weighted by molar-refractivity contribution is 0.289. The molecule has 1 aliphatic rings. The fraction of sp³-hybridized carbons (Fsp3) is 1.00. The molecule has 1 atom stereocenters. The molecule has 0 bridgehead atoms. The third-order valence-electron chi connectivity index (χ3n) is 3.33. The average molecular weight is 226 g/mol. The Labute approximate surface area is 101 Å². The van der Waals surface area contributed by atoms with E-state index in [2.05, 4.69) is 26.1 Å². The summed E-state index contributed by atoms with van der Waals surface area (Å²) in [5.74, 6) is 1.71. The highest BCUT2D eigenvalue weighted by molar-refractivity contribution is 4.74. The Bertz CT molecular complexity index is 180. The quantitative estimate of drug-likeness (QED) is 0.625. The summed E-state index contributed by atoms with van der Waals surface area (Å²) in [6.07, 6.45) is 6.96. The van der Waals surface area contributed by atoms with Gasteiger partial charge in [0.25, 0.3) is 0 Å². The third kappa shape index (κ3) is 7.24. The molecule has 0 radical (unpaired) electrons. The van der Waals surface area contributed by atoms with Crippen LogP contribution in [-0.4, -0.2) is 19.6 Å². The molecule has 0 aromatic carbocycles. The first-order valence-electron chi connectivity index (χ1n) is 6.92. The molecule has 1 unspecified atom stereocenters. The SMILES string of the molecule is CC(C)(C)CC(CN)CNCCCC1CC1. The van der Waals surface area contributed by atoms with Crippen LogP contribution in [0.15, 0.2) is 0 Å². The van der Waals surface area contributed by atoms with Crippen LogP contribution in [0, 0.1) is 17.3 Å². The van der Waals surface area contributed by atoms with Crippen LogP contribution in [-0.2, 0) is 0 Å². The molecule has 0 saturated heterocycles. The fourth-order valence-corrected chi connectivity index (χ4v) is 2.33.